The van der Waals surface area contributed by atoms with Gasteiger partial charge in [-0.25, -0.2) is 13.2 Å². The Bertz CT molecular complexity index is 1110. The molecule has 0 saturated carbocycles. The Hall–Kier alpha value is -2.95. The first-order valence-electron chi connectivity index (χ1n) is 10.8. The van der Waals surface area contributed by atoms with E-state index in [0.717, 1.165) is 19.3 Å². The molecule has 0 radical (unpaired) electrons. The molecule has 4 rings (SSSR count). The van der Waals surface area contributed by atoms with Gasteiger partial charge in [0.2, 0.25) is 10.0 Å². The smallest absolute Gasteiger partial charge is 0.344 e. The van der Waals surface area contributed by atoms with E-state index in [-0.39, 0.29) is 11.5 Å². The van der Waals surface area contributed by atoms with Crippen LogP contribution in [-0.4, -0.2) is 64.1 Å². The van der Waals surface area contributed by atoms with Crippen LogP contribution in [0.15, 0.2) is 47.4 Å². The van der Waals surface area contributed by atoms with Crippen molar-refractivity contribution in [1.82, 2.24) is 4.31 Å². The molecule has 1 N–H and O–H groups in total. The van der Waals surface area contributed by atoms with E-state index in [2.05, 4.69) is 5.32 Å². The Labute approximate surface area is 192 Å². The largest absolute Gasteiger partial charge is 0.482 e. The van der Waals surface area contributed by atoms with Crippen LogP contribution in [0.4, 0.5) is 5.69 Å². The van der Waals surface area contributed by atoms with Gasteiger partial charge in [-0.3, -0.25) is 4.79 Å². The molecule has 176 valence electrons. The number of benzene rings is 2. The number of esters is 1. The van der Waals surface area contributed by atoms with E-state index in [4.69, 9.17) is 14.2 Å². The molecule has 1 heterocycles. The summed E-state index contributed by atoms with van der Waals surface area (Å²) in [5, 5.41) is 2.57. The Balaban J connectivity index is 1.22. The van der Waals surface area contributed by atoms with E-state index in [0.29, 0.717) is 37.7 Å². The monoisotopic (exact) mass is 474 g/mol. The van der Waals surface area contributed by atoms with Crippen LogP contribution >= 0.6 is 0 Å². The molecular weight excluding hydrogens is 448 g/mol. The van der Waals surface area contributed by atoms with Gasteiger partial charge in [-0.2, -0.15) is 4.31 Å². The lowest BCUT2D eigenvalue weighted by molar-refractivity contribution is -0.149. The average Bonchev–Trinajstić information content (AvgIpc) is 3.30. The molecule has 2 aliphatic rings. The zero-order valence-corrected chi connectivity index (χ0v) is 18.9. The molecule has 1 aliphatic carbocycles. The van der Waals surface area contributed by atoms with E-state index in [1.807, 2.05) is 18.2 Å². The number of morpholine rings is 1. The number of ether oxygens (including phenoxy) is 3. The van der Waals surface area contributed by atoms with Gasteiger partial charge in [0.1, 0.15) is 5.75 Å². The van der Waals surface area contributed by atoms with Crippen molar-refractivity contribution in [3.63, 3.8) is 0 Å². The van der Waals surface area contributed by atoms with Crippen molar-refractivity contribution in [1.29, 1.82) is 0 Å². The number of fused-ring (bicyclic) bond motifs is 1. The fraction of sp³-hybridized carbons (Fsp3) is 0.391. The predicted molar refractivity (Wildman–Crippen MR) is 120 cm³/mol. The van der Waals surface area contributed by atoms with Crippen LogP contribution in [0.2, 0.25) is 0 Å². The molecule has 1 saturated heterocycles. The minimum absolute atomic E-state index is 0.137. The summed E-state index contributed by atoms with van der Waals surface area (Å²) in [6, 6.07) is 11.6. The third-order valence-electron chi connectivity index (χ3n) is 5.54. The van der Waals surface area contributed by atoms with Crippen LogP contribution in [0.3, 0.4) is 0 Å². The number of sulfonamides is 1. The summed E-state index contributed by atoms with van der Waals surface area (Å²) in [5.41, 5.74) is 2.95. The van der Waals surface area contributed by atoms with Gasteiger partial charge in [0, 0.05) is 18.8 Å². The summed E-state index contributed by atoms with van der Waals surface area (Å²) in [4.78, 5) is 24.1. The molecule has 1 amide bonds. The first-order chi connectivity index (χ1) is 15.9. The molecule has 0 unspecified atom stereocenters. The fourth-order valence-corrected chi connectivity index (χ4v) is 5.22. The maximum atomic E-state index is 12.6. The first kappa shape index (κ1) is 23.2. The van der Waals surface area contributed by atoms with Gasteiger partial charge in [0.05, 0.1) is 18.1 Å². The van der Waals surface area contributed by atoms with Crippen LogP contribution in [-0.2, 0) is 41.9 Å². The molecule has 2 aromatic rings. The number of nitrogens with one attached hydrogen (secondary N) is 1. The number of aryl methyl sites for hydroxylation is 2. The van der Waals surface area contributed by atoms with Crippen molar-refractivity contribution in [2.45, 2.75) is 24.2 Å². The number of anilines is 1. The molecular formula is C23H26N2O7S. The summed E-state index contributed by atoms with van der Waals surface area (Å²) in [6.45, 7) is 0.583. The molecule has 2 aromatic carbocycles. The van der Waals surface area contributed by atoms with Gasteiger partial charge in [-0.05, 0) is 66.8 Å². The second kappa shape index (κ2) is 10.3. The summed E-state index contributed by atoms with van der Waals surface area (Å²) >= 11 is 0. The van der Waals surface area contributed by atoms with Crippen LogP contribution in [0.25, 0.3) is 0 Å². The fourth-order valence-electron chi connectivity index (χ4n) is 3.81. The van der Waals surface area contributed by atoms with Crippen LogP contribution in [0, 0.1) is 0 Å². The molecule has 0 aromatic heterocycles. The van der Waals surface area contributed by atoms with Crippen molar-refractivity contribution < 1.29 is 32.2 Å². The normalized spacial score (nSPS) is 16.1. The number of hydrogen-bond acceptors (Lipinski definition) is 7. The van der Waals surface area contributed by atoms with Gasteiger partial charge < -0.3 is 19.5 Å². The first-order valence-corrected chi connectivity index (χ1v) is 12.2. The average molecular weight is 475 g/mol. The Kier molecular flexibility index (Phi) is 7.26. The van der Waals surface area contributed by atoms with Crippen LogP contribution in [0.5, 0.6) is 5.75 Å². The van der Waals surface area contributed by atoms with Crippen molar-refractivity contribution in [2.75, 3.05) is 44.8 Å². The minimum atomic E-state index is -3.60. The van der Waals surface area contributed by atoms with Crippen molar-refractivity contribution in [3.8, 4) is 5.75 Å². The third-order valence-corrected chi connectivity index (χ3v) is 7.45. The number of amides is 1. The lowest BCUT2D eigenvalue weighted by Crippen LogP contribution is -2.40. The van der Waals surface area contributed by atoms with Gasteiger partial charge >= 0.3 is 5.97 Å². The minimum Gasteiger partial charge on any atom is -0.482 e. The highest BCUT2D eigenvalue weighted by Gasteiger charge is 2.26. The molecule has 0 spiro atoms. The Morgan fingerprint density at radius 3 is 2.45 bits per heavy atom. The molecule has 10 heteroatoms. The zero-order valence-electron chi connectivity index (χ0n) is 18.1. The second-order valence-electron chi connectivity index (χ2n) is 7.82. The second-order valence-corrected chi connectivity index (χ2v) is 9.76. The zero-order chi connectivity index (χ0) is 23.3. The van der Waals surface area contributed by atoms with E-state index in [1.54, 1.807) is 0 Å². The molecule has 1 fully saturated rings. The van der Waals surface area contributed by atoms with Crippen molar-refractivity contribution >= 4 is 27.6 Å². The van der Waals surface area contributed by atoms with Gasteiger partial charge in [-0.1, -0.05) is 6.07 Å². The number of carbonyl (C=O) groups is 2. The lowest BCUT2D eigenvalue weighted by Gasteiger charge is -2.26. The molecule has 1 aliphatic heterocycles. The SMILES string of the molecule is O=C(COC(=O)COc1ccc2c(c1)CCC2)Nc1ccc(S(=O)(=O)N2CCOCC2)cc1. The number of hydrogen-bond donors (Lipinski definition) is 1. The number of nitrogens with zero attached hydrogens (tertiary/aromatic N) is 1. The third kappa shape index (κ3) is 5.89. The summed E-state index contributed by atoms with van der Waals surface area (Å²) < 4.78 is 42.2. The van der Waals surface area contributed by atoms with E-state index < -0.39 is 28.5 Å². The summed E-state index contributed by atoms with van der Waals surface area (Å²) in [7, 11) is -3.60. The quantitative estimate of drug-likeness (QED) is 0.581. The number of rotatable bonds is 8. The maximum absolute atomic E-state index is 12.6. The predicted octanol–water partition coefficient (Wildman–Crippen LogP) is 1.76. The molecule has 9 nitrogen and oxygen atoms in total. The Morgan fingerprint density at radius 2 is 1.70 bits per heavy atom. The van der Waals surface area contributed by atoms with E-state index >= 15 is 0 Å². The van der Waals surface area contributed by atoms with Crippen LogP contribution < -0.4 is 10.1 Å². The molecule has 0 bridgehead atoms. The lowest BCUT2D eigenvalue weighted by atomic mass is 10.1. The Morgan fingerprint density at radius 1 is 0.970 bits per heavy atom. The van der Waals surface area contributed by atoms with Crippen molar-refractivity contribution in [2.24, 2.45) is 0 Å². The van der Waals surface area contributed by atoms with Gasteiger partial charge in [-0.15, -0.1) is 0 Å². The summed E-state index contributed by atoms with van der Waals surface area (Å²) in [6.07, 6.45) is 3.21. The maximum Gasteiger partial charge on any atom is 0.344 e. The molecule has 33 heavy (non-hydrogen) atoms. The highest BCUT2D eigenvalue weighted by atomic mass is 32.2. The highest BCUT2D eigenvalue weighted by Crippen LogP contribution is 2.26. The van der Waals surface area contributed by atoms with Crippen LogP contribution in [0.1, 0.15) is 17.5 Å². The molecule has 0 atom stereocenters. The summed E-state index contributed by atoms with van der Waals surface area (Å²) in [5.74, 6) is -0.591. The van der Waals surface area contributed by atoms with E-state index in [1.165, 1.54) is 39.7 Å². The van der Waals surface area contributed by atoms with Gasteiger partial charge in [0.25, 0.3) is 5.91 Å². The number of carbonyl (C=O) groups excluding carboxylic acids is 2. The topological polar surface area (TPSA) is 111 Å². The van der Waals surface area contributed by atoms with Gasteiger partial charge in [0.15, 0.2) is 13.2 Å². The highest BCUT2D eigenvalue weighted by molar-refractivity contribution is 7.89. The standard InChI is InChI=1S/C23H26N2O7S/c26-22(15-32-23(27)16-31-20-7-4-17-2-1-3-18(17)14-20)24-19-5-8-21(9-6-19)33(28,29)25-10-12-30-13-11-25/h4-9,14H,1-3,10-13,15-16H2,(H,24,26). The van der Waals surface area contributed by atoms with Crippen molar-refractivity contribution in [3.05, 3.63) is 53.6 Å². The van der Waals surface area contributed by atoms with E-state index in [9.17, 15) is 18.0 Å².